The Bertz CT molecular complexity index is 1010. The van der Waals surface area contributed by atoms with Gasteiger partial charge in [-0.3, -0.25) is 4.79 Å². The molecule has 1 fully saturated rings. The molecule has 1 heterocycles. The fourth-order valence-electron chi connectivity index (χ4n) is 4.44. The number of hydrogen-bond acceptors (Lipinski definition) is 3. The molecule has 4 nitrogen and oxygen atoms in total. The Morgan fingerprint density at radius 3 is 2.21 bits per heavy atom. The van der Waals surface area contributed by atoms with Crippen LogP contribution in [0.2, 0.25) is 0 Å². The van der Waals surface area contributed by atoms with Crippen LogP contribution in [0, 0.1) is 5.92 Å². The lowest BCUT2D eigenvalue weighted by Crippen LogP contribution is -2.39. The largest absolute Gasteiger partial charge is 0.494 e. The Labute approximate surface area is 197 Å². The zero-order valence-corrected chi connectivity index (χ0v) is 19.4. The Morgan fingerprint density at radius 1 is 0.879 bits per heavy atom. The Morgan fingerprint density at radius 2 is 1.55 bits per heavy atom. The molecule has 172 valence electrons. The summed E-state index contributed by atoms with van der Waals surface area (Å²) < 4.78 is 11.7. The average molecular weight is 444 g/mol. The molecule has 0 aromatic heterocycles. The van der Waals surface area contributed by atoms with E-state index in [2.05, 4.69) is 30.3 Å². The van der Waals surface area contributed by atoms with Crippen LogP contribution < -0.4 is 4.74 Å². The predicted molar refractivity (Wildman–Crippen MR) is 131 cm³/mol. The van der Waals surface area contributed by atoms with Crippen LogP contribution in [0.4, 0.5) is 0 Å². The monoisotopic (exact) mass is 443 g/mol. The van der Waals surface area contributed by atoms with Gasteiger partial charge in [-0.2, -0.15) is 0 Å². The minimum absolute atomic E-state index is 0.0977. The van der Waals surface area contributed by atoms with Crippen molar-refractivity contribution < 1.29 is 14.3 Å². The van der Waals surface area contributed by atoms with Gasteiger partial charge in [-0.15, -0.1) is 0 Å². The molecule has 0 unspecified atom stereocenters. The zero-order valence-electron chi connectivity index (χ0n) is 19.4. The molecule has 1 saturated heterocycles. The third kappa shape index (κ3) is 6.45. The molecule has 0 aliphatic carbocycles. The molecule has 0 spiro atoms. The third-order valence-electron chi connectivity index (χ3n) is 6.25. The number of amides is 1. The van der Waals surface area contributed by atoms with Crippen molar-refractivity contribution in [3.05, 3.63) is 101 Å². The first kappa shape index (κ1) is 23.1. The number of carbonyl (C=O) groups excluding carboxylic acids is 1. The number of nitrogens with zero attached hydrogens (tertiary/aromatic N) is 1. The minimum Gasteiger partial charge on any atom is -0.494 e. The molecule has 1 aliphatic heterocycles. The van der Waals surface area contributed by atoms with E-state index in [1.165, 1.54) is 5.56 Å². The molecule has 0 N–H and O–H groups in total. The fourth-order valence-corrected chi connectivity index (χ4v) is 4.44. The zero-order chi connectivity index (χ0) is 22.9. The number of rotatable bonds is 9. The van der Waals surface area contributed by atoms with Crippen LogP contribution in [0.15, 0.2) is 78.9 Å². The highest BCUT2D eigenvalue weighted by atomic mass is 16.5. The summed E-state index contributed by atoms with van der Waals surface area (Å²) in [5.74, 6) is 1.52. The van der Waals surface area contributed by atoms with E-state index in [1.807, 2.05) is 60.4 Å². The number of ether oxygens (including phenoxy) is 2. The summed E-state index contributed by atoms with van der Waals surface area (Å²) >= 11 is 0. The van der Waals surface area contributed by atoms with Crippen LogP contribution in [0.1, 0.15) is 46.8 Å². The molecule has 33 heavy (non-hydrogen) atoms. The van der Waals surface area contributed by atoms with Gasteiger partial charge in [0.15, 0.2) is 0 Å². The Kier molecular flexibility index (Phi) is 8.15. The van der Waals surface area contributed by atoms with E-state index < -0.39 is 0 Å². The summed E-state index contributed by atoms with van der Waals surface area (Å²) in [7, 11) is 0. The maximum absolute atomic E-state index is 13.2. The number of piperidine rings is 1. The summed E-state index contributed by atoms with van der Waals surface area (Å²) in [5.41, 5.74) is 4.13. The molecule has 4 heteroatoms. The Balaban J connectivity index is 1.36. The lowest BCUT2D eigenvalue weighted by Gasteiger charge is -2.32. The van der Waals surface area contributed by atoms with Crippen molar-refractivity contribution in [3.8, 4) is 5.75 Å². The number of hydrogen-bond donors (Lipinski definition) is 0. The smallest absolute Gasteiger partial charge is 0.253 e. The molecule has 0 bridgehead atoms. The van der Waals surface area contributed by atoms with E-state index in [-0.39, 0.29) is 5.91 Å². The van der Waals surface area contributed by atoms with Gasteiger partial charge in [0.2, 0.25) is 0 Å². The maximum atomic E-state index is 13.2. The first-order valence-corrected chi connectivity index (χ1v) is 11.9. The Hall–Kier alpha value is -3.11. The van der Waals surface area contributed by atoms with Gasteiger partial charge < -0.3 is 14.4 Å². The minimum atomic E-state index is 0.0977. The quantitative estimate of drug-likeness (QED) is 0.413. The van der Waals surface area contributed by atoms with Crippen molar-refractivity contribution in [1.29, 1.82) is 0 Å². The van der Waals surface area contributed by atoms with E-state index >= 15 is 0 Å². The third-order valence-corrected chi connectivity index (χ3v) is 6.25. The molecule has 1 aliphatic rings. The van der Waals surface area contributed by atoms with Gasteiger partial charge in [-0.05, 0) is 61.4 Å². The van der Waals surface area contributed by atoms with Crippen LogP contribution in [-0.4, -0.2) is 30.5 Å². The molecule has 0 radical (unpaired) electrons. The van der Waals surface area contributed by atoms with Gasteiger partial charge in [-0.1, -0.05) is 60.7 Å². The second-order valence-electron chi connectivity index (χ2n) is 8.66. The molecule has 0 saturated carbocycles. The van der Waals surface area contributed by atoms with Crippen molar-refractivity contribution in [1.82, 2.24) is 4.90 Å². The molecule has 1 amide bonds. The molecular weight excluding hydrogens is 410 g/mol. The number of benzene rings is 3. The first-order chi connectivity index (χ1) is 16.2. The van der Waals surface area contributed by atoms with Crippen molar-refractivity contribution in [2.45, 2.75) is 39.4 Å². The highest BCUT2D eigenvalue weighted by Crippen LogP contribution is 2.26. The van der Waals surface area contributed by atoms with Gasteiger partial charge in [0.25, 0.3) is 5.91 Å². The summed E-state index contributed by atoms with van der Waals surface area (Å²) in [6, 6.07) is 26.5. The highest BCUT2D eigenvalue weighted by molar-refractivity contribution is 5.94. The second-order valence-corrected chi connectivity index (χ2v) is 8.66. The van der Waals surface area contributed by atoms with Gasteiger partial charge in [0, 0.05) is 24.2 Å². The van der Waals surface area contributed by atoms with Crippen LogP contribution >= 0.6 is 0 Å². The van der Waals surface area contributed by atoms with E-state index in [4.69, 9.17) is 9.47 Å². The SMILES string of the molecule is CCOc1ccc(C(=O)N2CCC(Cc3ccccc3)CC2)cc1COCc1ccccc1. The summed E-state index contributed by atoms with van der Waals surface area (Å²) in [6.07, 6.45) is 3.18. The maximum Gasteiger partial charge on any atom is 0.253 e. The average Bonchev–Trinajstić information content (AvgIpc) is 2.86. The lowest BCUT2D eigenvalue weighted by atomic mass is 9.90. The van der Waals surface area contributed by atoms with E-state index in [9.17, 15) is 4.79 Å². The summed E-state index contributed by atoms with van der Waals surface area (Å²) in [4.78, 5) is 15.2. The first-order valence-electron chi connectivity index (χ1n) is 11.9. The highest BCUT2D eigenvalue weighted by Gasteiger charge is 2.24. The van der Waals surface area contributed by atoms with E-state index in [0.717, 1.165) is 49.2 Å². The van der Waals surface area contributed by atoms with Crippen molar-refractivity contribution >= 4 is 5.91 Å². The lowest BCUT2D eigenvalue weighted by molar-refractivity contribution is 0.0689. The molecule has 0 atom stereocenters. The predicted octanol–water partition coefficient (Wildman–Crippen LogP) is 5.90. The second kappa shape index (κ2) is 11.7. The van der Waals surface area contributed by atoms with Gasteiger partial charge in [0.05, 0.1) is 19.8 Å². The van der Waals surface area contributed by atoms with Gasteiger partial charge in [0.1, 0.15) is 5.75 Å². The van der Waals surface area contributed by atoms with E-state index in [0.29, 0.717) is 31.3 Å². The topological polar surface area (TPSA) is 38.8 Å². The van der Waals surface area contributed by atoms with Crippen molar-refractivity contribution in [3.63, 3.8) is 0 Å². The van der Waals surface area contributed by atoms with Gasteiger partial charge in [-0.25, -0.2) is 0 Å². The fraction of sp³-hybridized carbons (Fsp3) is 0.345. The summed E-state index contributed by atoms with van der Waals surface area (Å²) in [6.45, 7) is 5.10. The molecule has 3 aromatic rings. The normalized spacial score (nSPS) is 14.3. The van der Waals surface area contributed by atoms with Crippen molar-refractivity contribution in [2.75, 3.05) is 19.7 Å². The molecule has 3 aromatic carbocycles. The standard InChI is InChI=1S/C29H33NO3/c1-2-33-28-14-13-26(20-27(28)22-32-21-25-11-7-4-8-12-25)29(31)30-17-15-24(16-18-30)19-23-9-5-3-6-10-23/h3-14,20,24H,2,15-19,21-22H2,1H3. The van der Waals surface area contributed by atoms with Crippen molar-refractivity contribution in [2.24, 2.45) is 5.92 Å². The molecular formula is C29H33NO3. The summed E-state index contributed by atoms with van der Waals surface area (Å²) in [5, 5.41) is 0. The van der Waals surface area contributed by atoms with Crippen LogP contribution in [0.25, 0.3) is 0 Å². The molecule has 4 rings (SSSR count). The van der Waals surface area contributed by atoms with Gasteiger partial charge >= 0.3 is 0 Å². The van der Waals surface area contributed by atoms with E-state index in [1.54, 1.807) is 0 Å². The number of carbonyl (C=O) groups is 1. The number of likely N-dealkylation sites (tertiary alicyclic amines) is 1. The van der Waals surface area contributed by atoms with Crippen LogP contribution in [-0.2, 0) is 24.4 Å². The van der Waals surface area contributed by atoms with Crippen LogP contribution in [0.5, 0.6) is 5.75 Å². The van der Waals surface area contributed by atoms with Crippen LogP contribution in [0.3, 0.4) is 0 Å².